The van der Waals surface area contributed by atoms with Crippen LogP contribution in [-0.2, 0) is 14.3 Å². The number of carbonyl (C=O) groups is 1. The highest BCUT2D eigenvalue weighted by molar-refractivity contribution is 5.81. The van der Waals surface area contributed by atoms with Gasteiger partial charge in [-0.05, 0) is 45.2 Å². The Kier molecular flexibility index (Phi) is 5.41. The highest BCUT2D eigenvalue weighted by Crippen LogP contribution is 2.39. The zero-order chi connectivity index (χ0) is 14.6. The fourth-order valence-corrected chi connectivity index (χ4v) is 3.88. The van der Waals surface area contributed by atoms with Crippen LogP contribution in [-0.4, -0.2) is 63.4 Å². The van der Waals surface area contributed by atoms with Crippen molar-refractivity contribution in [1.29, 1.82) is 0 Å². The average molecular weight is 284 g/mol. The average Bonchev–Trinajstić information content (AvgIpc) is 3.10. The summed E-state index contributed by atoms with van der Waals surface area (Å²) in [5.41, 5.74) is -0.463. The summed E-state index contributed by atoms with van der Waals surface area (Å²) in [5.74, 6) is 0.278. The van der Waals surface area contributed by atoms with Crippen molar-refractivity contribution in [2.24, 2.45) is 5.92 Å². The monoisotopic (exact) mass is 284 g/mol. The molecule has 0 radical (unpaired) electrons. The lowest BCUT2D eigenvalue weighted by Gasteiger charge is -2.33. The Hall–Kier alpha value is -0.650. The molecule has 3 unspecified atom stereocenters. The van der Waals surface area contributed by atoms with Crippen LogP contribution < -0.4 is 5.32 Å². The van der Waals surface area contributed by atoms with Gasteiger partial charge in [-0.15, -0.1) is 0 Å². The second-order valence-electron chi connectivity index (χ2n) is 6.04. The smallest absolute Gasteiger partial charge is 0.326 e. The lowest BCUT2D eigenvalue weighted by atomic mass is 9.84. The van der Waals surface area contributed by atoms with Gasteiger partial charge in [0.25, 0.3) is 0 Å². The normalized spacial score (nSPS) is 34.5. The van der Waals surface area contributed by atoms with E-state index in [-0.39, 0.29) is 5.97 Å². The van der Waals surface area contributed by atoms with Crippen molar-refractivity contribution in [3.8, 4) is 0 Å². The van der Waals surface area contributed by atoms with Crippen LogP contribution in [0.2, 0.25) is 0 Å². The molecule has 2 aliphatic rings. The van der Waals surface area contributed by atoms with E-state index >= 15 is 0 Å². The number of carbonyl (C=O) groups excluding carboxylic acids is 1. The van der Waals surface area contributed by atoms with Crippen LogP contribution in [0.5, 0.6) is 0 Å². The maximum Gasteiger partial charge on any atom is 0.326 e. The van der Waals surface area contributed by atoms with Gasteiger partial charge in [0.15, 0.2) is 0 Å². The standard InChI is InChI=1S/C15H28N2O3/c1-16-15(14(18)20-3)8-4-5-12(15)6-9-17-10-7-13(11-17)19-2/h12-13,16H,4-11H2,1-3H3. The molecule has 0 aromatic carbocycles. The summed E-state index contributed by atoms with van der Waals surface area (Å²) in [6.45, 7) is 3.18. The van der Waals surface area contributed by atoms with Crippen molar-refractivity contribution in [1.82, 2.24) is 10.2 Å². The second-order valence-corrected chi connectivity index (χ2v) is 6.04. The first kappa shape index (κ1) is 15.7. The van der Waals surface area contributed by atoms with E-state index in [1.165, 1.54) is 7.11 Å². The Bertz CT molecular complexity index is 337. The minimum absolute atomic E-state index is 0.0984. The molecule has 20 heavy (non-hydrogen) atoms. The molecule has 1 saturated heterocycles. The molecule has 0 bridgehead atoms. The molecule has 116 valence electrons. The number of hydrogen-bond donors (Lipinski definition) is 1. The summed E-state index contributed by atoms with van der Waals surface area (Å²) in [7, 11) is 5.15. The van der Waals surface area contributed by atoms with E-state index < -0.39 is 5.54 Å². The van der Waals surface area contributed by atoms with E-state index in [2.05, 4.69) is 10.2 Å². The molecule has 5 nitrogen and oxygen atoms in total. The Balaban J connectivity index is 1.89. The highest BCUT2D eigenvalue weighted by atomic mass is 16.5. The van der Waals surface area contributed by atoms with Gasteiger partial charge in [0, 0.05) is 20.2 Å². The Morgan fingerprint density at radius 1 is 1.40 bits per heavy atom. The number of rotatable bonds is 6. The van der Waals surface area contributed by atoms with E-state index in [4.69, 9.17) is 9.47 Å². The minimum atomic E-state index is -0.463. The van der Waals surface area contributed by atoms with Crippen molar-refractivity contribution in [2.75, 3.05) is 40.9 Å². The van der Waals surface area contributed by atoms with Crippen LogP contribution in [0.15, 0.2) is 0 Å². The van der Waals surface area contributed by atoms with Crippen LogP contribution in [0, 0.1) is 5.92 Å². The van der Waals surface area contributed by atoms with Gasteiger partial charge in [-0.1, -0.05) is 6.42 Å². The van der Waals surface area contributed by atoms with Crippen LogP contribution in [0.25, 0.3) is 0 Å². The lowest BCUT2D eigenvalue weighted by Crippen LogP contribution is -2.54. The van der Waals surface area contributed by atoms with E-state index in [9.17, 15) is 4.79 Å². The summed E-state index contributed by atoms with van der Waals surface area (Å²) in [6, 6.07) is 0. The zero-order valence-electron chi connectivity index (χ0n) is 13.0. The highest BCUT2D eigenvalue weighted by Gasteiger charge is 2.48. The SMILES string of the molecule is CNC1(C(=O)OC)CCCC1CCN1CCC(OC)C1. The summed E-state index contributed by atoms with van der Waals surface area (Å²) in [5, 5.41) is 3.26. The van der Waals surface area contributed by atoms with Gasteiger partial charge in [-0.25, -0.2) is 0 Å². The molecule has 0 amide bonds. The predicted molar refractivity (Wildman–Crippen MR) is 77.6 cm³/mol. The lowest BCUT2D eigenvalue weighted by molar-refractivity contribution is -0.150. The topological polar surface area (TPSA) is 50.8 Å². The molecule has 5 heteroatoms. The number of nitrogens with zero attached hydrogens (tertiary/aromatic N) is 1. The first-order chi connectivity index (χ1) is 9.66. The molecule has 3 atom stereocenters. The number of nitrogens with one attached hydrogen (secondary N) is 1. The molecule has 1 aliphatic heterocycles. The van der Waals surface area contributed by atoms with Crippen LogP contribution in [0.3, 0.4) is 0 Å². The molecule has 2 rings (SSSR count). The third kappa shape index (κ3) is 3.00. The molecule has 1 heterocycles. The van der Waals surface area contributed by atoms with Crippen molar-refractivity contribution in [2.45, 2.75) is 43.7 Å². The zero-order valence-corrected chi connectivity index (χ0v) is 13.0. The van der Waals surface area contributed by atoms with Gasteiger partial charge in [0.05, 0.1) is 13.2 Å². The van der Waals surface area contributed by atoms with Gasteiger partial charge in [-0.3, -0.25) is 4.79 Å². The maximum absolute atomic E-state index is 12.2. The molecule has 2 fully saturated rings. The number of likely N-dealkylation sites (tertiary alicyclic amines) is 1. The molecule has 0 spiro atoms. The first-order valence-corrected chi connectivity index (χ1v) is 7.68. The van der Waals surface area contributed by atoms with Crippen LogP contribution in [0.1, 0.15) is 32.1 Å². The minimum Gasteiger partial charge on any atom is -0.468 e. The van der Waals surface area contributed by atoms with Crippen LogP contribution in [0.4, 0.5) is 0 Å². The number of methoxy groups -OCH3 is 2. The van der Waals surface area contributed by atoms with Gasteiger partial charge >= 0.3 is 5.97 Å². The van der Waals surface area contributed by atoms with Gasteiger partial charge in [0.1, 0.15) is 5.54 Å². The van der Waals surface area contributed by atoms with Gasteiger partial charge in [0.2, 0.25) is 0 Å². The molecule has 1 N–H and O–H groups in total. The number of esters is 1. The molecular formula is C15H28N2O3. The first-order valence-electron chi connectivity index (χ1n) is 7.68. The number of ether oxygens (including phenoxy) is 2. The van der Waals surface area contributed by atoms with Crippen molar-refractivity contribution >= 4 is 5.97 Å². The number of hydrogen-bond acceptors (Lipinski definition) is 5. The Morgan fingerprint density at radius 3 is 2.80 bits per heavy atom. The fourth-order valence-electron chi connectivity index (χ4n) is 3.88. The van der Waals surface area contributed by atoms with E-state index in [1.54, 1.807) is 7.11 Å². The largest absolute Gasteiger partial charge is 0.468 e. The molecule has 0 aromatic heterocycles. The molecule has 0 aromatic rings. The predicted octanol–water partition coefficient (Wildman–Crippen LogP) is 1.03. The van der Waals surface area contributed by atoms with Crippen LogP contribution >= 0.6 is 0 Å². The number of likely N-dealkylation sites (N-methyl/N-ethyl adjacent to an activating group) is 1. The fraction of sp³-hybridized carbons (Fsp3) is 0.933. The maximum atomic E-state index is 12.2. The summed E-state index contributed by atoms with van der Waals surface area (Å²) in [4.78, 5) is 14.6. The third-order valence-corrected chi connectivity index (χ3v) is 5.17. The quantitative estimate of drug-likeness (QED) is 0.738. The molecule has 1 aliphatic carbocycles. The van der Waals surface area contributed by atoms with E-state index in [0.717, 1.165) is 51.7 Å². The molecule has 1 saturated carbocycles. The Labute approximate surface area is 122 Å². The third-order valence-electron chi connectivity index (χ3n) is 5.17. The van der Waals surface area contributed by atoms with Crippen molar-refractivity contribution in [3.05, 3.63) is 0 Å². The van der Waals surface area contributed by atoms with E-state index in [1.807, 2.05) is 7.05 Å². The van der Waals surface area contributed by atoms with Crippen molar-refractivity contribution < 1.29 is 14.3 Å². The second kappa shape index (κ2) is 6.87. The van der Waals surface area contributed by atoms with Gasteiger partial charge in [-0.2, -0.15) is 0 Å². The molecular weight excluding hydrogens is 256 g/mol. The van der Waals surface area contributed by atoms with Crippen molar-refractivity contribution in [3.63, 3.8) is 0 Å². The Morgan fingerprint density at radius 2 is 2.20 bits per heavy atom. The van der Waals surface area contributed by atoms with Gasteiger partial charge < -0.3 is 19.7 Å². The summed E-state index contributed by atoms with van der Waals surface area (Å²) < 4.78 is 10.4. The summed E-state index contributed by atoms with van der Waals surface area (Å²) >= 11 is 0. The summed E-state index contributed by atoms with van der Waals surface area (Å²) in [6.07, 6.45) is 5.65. The van der Waals surface area contributed by atoms with E-state index in [0.29, 0.717) is 12.0 Å².